The van der Waals surface area contributed by atoms with E-state index >= 15 is 0 Å². The van der Waals surface area contributed by atoms with E-state index in [-0.39, 0.29) is 0 Å². The topological polar surface area (TPSA) is 65.1 Å². The van der Waals surface area contributed by atoms with Gasteiger partial charge in [0.2, 0.25) is 0 Å². The van der Waals surface area contributed by atoms with Crippen molar-refractivity contribution in [2.75, 3.05) is 18.5 Å². The summed E-state index contributed by atoms with van der Waals surface area (Å²) in [6.07, 6.45) is 1.00. The van der Waals surface area contributed by atoms with Gasteiger partial charge in [-0.1, -0.05) is 12.2 Å². The van der Waals surface area contributed by atoms with E-state index in [1.54, 1.807) is 4.68 Å². The number of aryl methyl sites for hydroxylation is 2. The Morgan fingerprint density at radius 1 is 1.69 bits per heavy atom. The molecule has 88 valence electrons. The van der Waals surface area contributed by atoms with Crippen LogP contribution in [0.5, 0.6) is 0 Å². The first-order valence-electron chi connectivity index (χ1n) is 5.27. The van der Waals surface area contributed by atoms with E-state index in [0.29, 0.717) is 11.0 Å². The maximum Gasteiger partial charge on any atom is 0.134 e. The van der Waals surface area contributed by atoms with E-state index in [0.717, 1.165) is 36.7 Å². The van der Waals surface area contributed by atoms with Gasteiger partial charge in [0, 0.05) is 13.7 Å². The maximum atomic E-state index is 5.71. The van der Waals surface area contributed by atoms with Crippen molar-refractivity contribution in [1.82, 2.24) is 9.78 Å². The van der Waals surface area contributed by atoms with E-state index in [4.69, 9.17) is 22.7 Å². The molecule has 0 bridgehead atoms. The molecule has 5 nitrogen and oxygen atoms in total. The minimum Gasteiger partial charge on any atom is -0.389 e. The van der Waals surface area contributed by atoms with Crippen molar-refractivity contribution in [3.05, 3.63) is 11.3 Å². The van der Waals surface area contributed by atoms with Crippen LogP contribution in [0, 0.1) is 6.92 Å². The molecule has 2 heterocycles. The highest BCUT2D eigenvalue weighted by Gasteiger charge is 2.21. The van der Waals surface area contributed by atoms with Gasteiger partial charge in [-0.2, -0.15) is 5.10 Å². The summed E-state index contributed by atoms with van der Waals surface area (Å²) in [6, 6.07) is 0.322. The first-order valence-corrected chi connectivity index (χ1v) is 5.68. The Balaban J connectivity index is 2.27. The van der Waals surface area contributed by atoms with E-state index in [2.05, 4.69) is 10.4 Å². The zero-order chi connectivity index (χ0) is 11.7. The van der Waals surface area contributed by atoms with Crippen molar-refractivity contribution in [3.8, 4) is 0 Å². The summed E-state index contributed by atoms with van der Waals surface area (Å²) in [5, 5.41) is 7.71. The van der Waals surface area contributed by atoms with E-state index in [1.807, 2.05) is 14.0 Å². The van der Waals surface area contributed by atoms with Crippen molar-refractivity contribution in [2.24, 2.45) is 12.8 Å². The smallest absolute Gasteiger partial charge is 0.134 e. The van der Waals surface area contributed by atoms with Gasteiger partial charge in [-0.3, -0.25) is 4.68 Å². The van der Waals surface area contributed by atoms with Crippen LogP contribution in [0.1, 0.15) is 17.7 Å². The zero-order valence-electron chi connectivity index (χ0n) is 9.49. The Hall–Kier alpha value is -1.14. The summed E-state index contributed by atoms with van der Waals surface area (Å²) in [5.41, 5.74) is 7.41. The molecule has 6 heteroatoms. The predicted molar refractivity (Wildman–Crippen MR) is 66.7 cm³/mol. The summed E-state index contributed by atoms with van der Waals surface area (Å²) in [5.74, 6) is 0.889. The molecular weight excluding hydrogens is 224 g/mol. The molecule has 16 heavy (non-hydrogen) atoms. The molecule has 0 aliphatic carbocycles. The molecule has 1 saturated heterocycles. The molecule has 0 amide bonds. The largest absolute Gasteiger partial charge is 0.389 e. The monoisotopic (exact) mass is 240 g/mol. The van der Waals surface area contributed by atoms with Crippen LogP contribution < -0.4 is 11.1 Å². The fraction of sp³-hybridized carbons (Fsp3) is 0.600. The highest BCUT2D eigenvalue weighted by molar-refractivity contribution is 7.80. The first kappa shape index (κ1) is 11.3. The van der Waals surface area contributed by atoms with Crippen LogP contribution in [0.15, 0.2) is 0 Å². The Kier molecular flexibility index (Phi) is 3.11. The lowest BCUT2D eigenvalue weighted by Gasteiger charge is -2.13. The molecule has 0 radical (unpaired) electrons. The molecule has 0 aromatic carbocycles. The van der Waals surface area contributed by atoms with Gasteiger partial charge < -0.3 is 15.8 Å². The van der Waals surface area contributed by atoms with Gasteiger partial charge in [-0.05, 0) is 13.3 Å². The number of rotatable bonds is 3. The van der Waals surface area contributed by atoms with Crippen molar-refractivity contribution in [3.63, 3.8) is 0 Å². The second-order valence-corrected chi connectivity index (χ2v) is 4.44. The fourth-order valence-corrected chi connectivity index (χ4v) is 2.20. The molecule has 0 spiro atoms. The van der Waals surface area contributed by atoms with Gasteiger partial charge in [0.1, 0.15) is 10.8 Å². The molecule has 1 unspecified atom stereocenters. The third-order valence-corrected chi connectivity index (χ3v) is 2.94. The third kappa shape index (κ3) is 2.03. The second kappa shape index (κ2) is 4.39. The molecule has 1 aromatic heterocycles. The van der Waals surface area contributed by atoms with E-state index < -0.39 is 0 Å². The first-order chi connectivity index (χ1) is 7.59. The van der Waals surface area contributed by atoms with Gasteiger partial charge in [0.15, 0.2) is 0 Å². The maximum absolute atomic E-state index is 5.71. The van der Waals surface area contributed by atoms with Crippen LogP contribution in [0.4, 0.5) is 5.82 Å². The molecule has 1 fully saturated rings. The van der Waals surface area contributed by atoms with Crippen molar-refractivity contribution < 1.29 is 4.74 Å². The number of nitrogens with zero attached hydrogens (tertiary/aromatic N) is 2. The number of nitrogens with one attached hydrogen (secondary N) is 1. The Labute approximate surface area is 99.9 Å². The second-order valence-electron chi connectivity index (χ2n) is 4.00. The van der Waals surface area contributed by atoms with Crippen LogP contribution >= 0.6 is 12.2 Å². The normalized spacial score (nSPS) is 20.0. The number of ether oxygens (including phenoxy) is 1. The predicted octanol–water partition coefficient (Wildman–Crippen LogP) is 0.564. The number of aromatic nitrogens is 2. The molecule has 1 aliphatic heterocycles. The van der Waals surface area contributed by atoms with Crippen LogP contribution in [0.3, 0.4) is 0 Å². The summed E-state index contributed by atoms with van der Waals surface area (Å²) in [7, 11) is 1.88. The van der Waals surface area contributed by atoms with Gasteiger partial charge in [0.05, 0.1) is 23.9 Å². The quantitative estimate of drug-likeness (QED) is 0.756. The summed E-state index contributed by atoms with van der Waals surface area (Å²) in [6.45, 7) is 3.43. The molecule has 0 saturated carbocycles. The third-order valence-electron chi connectivity index (χ3n) is 2.74. The molecular formula is C10H16N4OS. The van der Waals surface area contributed by atoms with Gasteiger partial charge in [0.25, 0.3) is 0 Å². The molecule has 1 aromatic rings. The highest BCUT2D eigenvalue weighted by Crippen LogP contribution is 2.21. The van der Waals surface area contributed by atoms with E-state index in [9.17, 15) is 0 Å². The lowest BCUT2D eigenvalue weighted by molar-refractivity contribution is 0.195. The minimum atomic E-state index is 0.322. The standard InChI is InChI=1S/C10H16N4OS/c1-6-8(9(11)16)10(14(2)13-6)12-7-3-4-15-5-7/h7,12H,3-5H2,1-2H3,(H2,11,16). The van der Waals surface area contributed by atoms with Crippen molar-refractivity contribution in [2.45, 2.75) is 19.4 Å². The van der Waals surface area contributed by atoms with Gasteiger partial charge in [-0.25, -0.2) is 0 Å². The average Bonchev–Trinajstić information content (AvgIpc) is 2.76. The number of thiocarbonyl (C=S) groups is 1. The molecule has 3 N–H and O–H groups in total. The number of hydrogen-bond donors (Lipinski definition) is 2. The Morgan fingerprint density at radius 3 is 3.00 bits per heavy atom. The summed E-state index contributed by atoms with van der Waals surface area (Å²) in [4.78, 5) is 0.381. The number of hydrogen-bond acceptors (Lipinski definition) is 4. The SMILES string of the molecule is Cc1nn(C)c(NC2CCOC2)c1C(N)=S. The summed E-state index contributed by atoms with van der Waals surface area (Å²) >= 11 is 5.04. The van der Waals surface area contributed by atoms with Crippen molar-refractivity contribution >= 4 is 23.0 Å². The summed E-state index contributed by atoms with van der Waals surface area (Å²) < 4.78 is 7.10. The lowest BCUT2D eigenvalue weighted by atomic mass is 10.2. The van der Waals surface area contributed by atoms with Gasteiger partial charge >= 0.3 is 0 Å². The number of nitrogens with two attached hydrogens (primary N) is 1. The molecule has 1 aliphatic rings. The van der Waals surface area contributed by atoms with Crippen LogP contribution in [-0.4, -0.2) is 34.0 Å². The average molecular weight is 240 g/mol. The zero-order valence-corrected chi connectivity index (χ0v) is 10.3. The molecule has 1 atom stereocenters. The van der Waals surface area contributed by atoms with Crippen LogP contribution in [0.25, 0.3) is 0 Å². The Morgan fingerprint density at radius 2 is 2.44 bits per heavy atom. The molecule has 2 rings (SSSR count). The number of anilines is 1. The Bertz CT molecular complexity index is 409. The van der Waals surface area contributed by atoms with Crippen LogP contribution in [-0.2, 0) is 11.8 Å². The van der Waals surface area contributed by atoms with Crippen molar-refractivity contribution in [1.29, 1.82) is 0 Å². The highest BCUT2D eigenvalue weighted by atomic mass is 32.1. The fourth-order valence-electron chi connectivity index (χ4n) is 1.96. The minimum absolute atomic E-state index is 0.322. The van der Waals surface area contributed by atoms with E-state index in [1.165, 1.54) is 0 Å². The lowest BCUT2D eigenvalue weighted by Crippen LogP contribution is -2.23. The van der Waals surface area contributed by atoms with Crippen LogP contribution in [0.2, 0.25) is 0 Å². The van der Waals surface area contributed by atoms with Gasteiger partial charge in [-0.15, -0.1) is 0 Å².